The number of nitrogens with two attached hydrogens (primary N) is 1. The van der Waals surface area contributed by atoms with Crippen LogP contribution in [-0.4, -0.2) is 21.6 Å². The van der Waals surface area contributed by atoms with Crippen LogP contribution in [0.5, 0.6) is 5.75 Å². The molecule has 0 spiro atoms. The summed E-state index contributed by atoms with van der Waals surface area (Å²) >= 11 is 0. The monoisotopic (exact) mass is 310 g/mol. The smallest absolute Gasteiger partial charge is 0.323 e. The molecule has 3 aromatic rings. The highest BCUT2D eigenvalue weighted by Gasteiger charge is 2.09. The largest absolute Gasteiger partial charge is 0.369 e. The number of carbonyl (C=O) groups excluding carboxylic acids is 1. The summed E-state index contributed by atoms with van der Waals surface area (Å²) in [6.45, 7) is 0. The SMILES string of the molecule is NC(=O)C/C(=N\Oc1ccc2[nH]c(=O)[nH]c2c1)c1ccccc1. The second kappa shape index (κ2) is 6.18. The molecular weight excluding hydrogens is 296 g/mol. The number of primary amides is 1. The van der Waals surface area contributed by atoms with Gasteiger partial charge in [0, 0.05) is 6.07 Å². The van der Waals surface area contributed by atoms with Gasteiger partial charge in [-0.05, 0) is 17.7 Å². The molecule has 0 aliphatic carbocycles. The van der Waals surface area contributed by atoms with E-state index in [1.807, 2.05) is 30.3 Å². The molecule has 2 aromatic carbocycles. The summed E-state index contributed by atoms with van der Waals surface area (Å²) in [6, 6.07) is 14.2. The second-order valence-corrected chi connectivity index (χ2v) is 4.92. The van der Waals surface area contributed by atoms with Crippen molar-refractivity contribution in [1.82, 2.24) is 9.97 Å². The Hall–Kier alpha value is -3.35. The van der Waals surface area contributed by atoms with Gasteiger partial charge in [-0.3, -0.25) is 4.79 Å². The summed E-state index contributed by atoms with van der Waals surface area (Å²) in [6.07, 6.45) is -0.0345. The van der Waals surface area contributed by atoms with Crippen LogP contribution < -0.4 is 16.3 Å². The average molecular weight is 310 g/mol. The van der Waals surface area contributed by atoms with Crippen molar-refractivity contribution >= 4 is 22.7 Å². The standard InChI is InChI=1S/C16H14N4O3/c17-15(21)9-13(10-4-2-1-3-5-10)20-23-11-6-7-12-14(8-11)19-16(22)18-12/h1-8H,9H2,(H2,17,21)(H2,18,19,22)/b20-13+. The highest BCUT2D eigenvalue weighted by atomic mass is 16.6. The molecule has 0 saturated heterocycles. The molecule has 3 rings (SSSR count). The Bertz CT molecular complexity index is 925. The number of oxime groups is 1. The summed E-state index contributed by atoms with van der Waals surface area (Å²) in [5.41, 5.74) is 7.43. The Kier molecular flexibility index (Phi) is 3.92. The van der Waals surface area contributed by atoms with Crippen LogP contribution in [0.15, 0.2) is 58.5 Å². The number of fused-ring (bicyclic) bond motifs is 1. The van der Waals surface area contributed by atoms with E-state index in [-0.39, 0.29) is 12.1 Å². The van der Waals surface area contributed by atoms with Crippen LogP contribution >= 0.6 is 0 Å². The summed E-state index contributed by atoms with van der Waals surface area (Å²) in [5, 5.41) is 4.03. The molecule has 0 atom stereocenters. The number of hydrogen-bond donors (Lipinski definition) is 3. The summed E-state index contributed by atoms with van der Waals surface area (Å²) in [4.78, 5) is 33.1. The normalized spacial score (nSPS) is 11.6. The van der Waals surface area contributed by atoms with Crippen LogP contribution in [0.3, 0.4) is 0 Å². The minimum Gasteiger partial charge on any atom is -0.369 e. The van der Waals surface area contributed by atoms with Crippen LogP contribution in [-0.2, 0) is 4.79 Å². The van der Waals surface area contributed by atoms with E-state index in [4.69, 9.17) is 10.6 Å². The predicted molar refractivity (Wildman–Crippen MR) is 86.3 cm³/mol. The predicted octanol–water partition coefficient (Wildman–Crippen LogP) is 1.51. The number of benzene rings is 2. The van der Waals surface area contributed by atoms with Crippen LogP contribution in [0, 0.1) is 0 Å². The minimum absolute atomic E-state index is 0.0345. The summed E-state index contributed by atoms with van der Waals surface area (Å²) in [5.74, 6) is -0.0627. The topological polar surface area (TPSA) is 113 Å². The van der Waals surface area contributed by atoms with Gasteiger partial charge in [0.05, 0.1) is 23.2 Å². The van der Waals surface area contributed by atoms with Crippen LogP contribution in [0.1, 0.15) is 12.0 Å². The van der Waals surface area contributed by atoms with E-state index in [1.165, 1.54) is 0 Å². The lowest BCUT2D eigenvalue weighted by molar-refractivity contribution is -0.116. The van der Waals surface area contributed by atoms with Crippen molar-refractivity contribution in [3.05, 3.63) is 64.6 Å². The van der Waals surface area contributed by atoms with E-state index >= 15 is 0 Å². The van der Waals surface area contributed by atoms with E-state index in [2.05, 4.69) is 15.1 Å². The highest BCUT2D eigenvalue weighted by molar-refractivity contribution is 6.09. The number of H-pyrrole nitrogens is 2. The molecule has 7 heteroatoms. The van der Waals surface area contributed by atoms with Gasteiger partial charge in [-0.2, -0.15) is 0 Å². The maximum absolute atomic E-state index is 11.2. The molecule has 1 heterocycles. The number of aromatic nitrogens is 2. The summed E-state index contributed by atoms with van der Waals surface area (Å²) < 4.78 is 0. The third-order valence-electron chi connectivity index (χ3n) is 3.20. The molecule has 116 valence electrons. The van der Waals surface area contributed by atoms with Crippen LogP contribution in [0.25, 0.3) is 11.0 Å². The first kappa shape index (κ1) is 14.6. The van der Waals surface area contributed by atoms with Gasteiger partial charge in [0.25, 0.3) is 0 Å². The van der Waals surface area contributed by atoms with Gasteiger partial charge < -0.3 is 20.5 Å². The maximum Gasteiger partial charge on any atom is 0.323 e. The fraction of sp³-hybridized carbons (Fsp3) is 0.0625. The Labute approximate surface area is 130 Å². The molecule has 0 aliphatic rings. The van der Waals surface area contributed by atoms with Crippen LogP contribution in [0.2, 0.25) is 0 Å². The van der Waals surface area contributed by atoms with E-state index in [0.717, 1.165) is 5.56 Å². The minimum atomic E-state index is -0.499. The molecule has 1 aromatic heterocycles. The van der Waals surface area contributed by atoms with Crippen LogP contribution in [0.4, 0.5) is 0 Å². The number of nitrogens with zero attached hydrogens (tertiary/aromatic N) is 1. The van der Waals surface area contributed by atoms with E-state index in [9.17, 15) is 9.59 Å². The Balaban J connectivity index is 1.89. The average Bonchev–Trinajstić information content (AvgIpc) is 2.91. The van der Waals surface area contributed by atoms with Crippen molar-refractivity contribution in [2.45, 2.75) is 6.42 Å². The van der Waals surface area contributed by atoms with Crippen molar-refractivity contribution in [1.29, 1.82) is 0 Å². The van der Waals surface area contributed by atoms with Gasteiger partial charge >= 0.3 is 5.69 Å². The third-order valence-corrected chi connectivity index (χ3v) is 3.20. The second-order valence-electron chi connectivity index (χ2n) is 4.92. The van der Waals surface area contributed by atoms with Crippen molar-refractivity contribution in [2.24, 2.45) is 10.9 Å². The van der Waals surface area contributed by atoms with Gasteiger partial charge in [0.1, 0.15) is 0 Å². The molecule has 0 unspecified atom stereocenters. The lowest BCUT2D eigenvalue weighted by Gasteiger charge is -2.05. The summed E-state index contributed by atoms with van der Waals surface area (Å²) in [7, 11) is 0. The fourth-order valence-corrected chi connectivity index (χ4v) is 2.16. The quantitative estimate of drug-likeness (QED) is 0.490. The molecule has 7 nitrogen and oxygen atoms in total. The van der Waals surface area contributed by atoms with Gasteiger partial charge in [0.2, 0.25) is 5.91 Å². The molecule has 0 bridgehead atoms. The zero-order valence-corrected chi connectivity index (χ0v) is 12.1. The highest BCUT2D eigenvalue weighted by Crippen LogP contribution is 2.17. The van der Waals surface area contributed by atoms with E-state index in [0.29, 0.717) is 22.5 Å². The Morgan fingerprint density at radius 2 is 1.83 bits per heavy atom. The number of nitrogens with one attached hydrogen (secondary N) is 2. The zero-order valence-electron chi connectivity index (χ0n) is 12.1. The van der Waals surface area contributed by atoms with Crippen molar-refractivity contribution < 1.29 is 9.63 Å². The third kappa shape index (κ3) is 3.46. The number of rotatable bonds is 5. The molecule has 0 radical (unpaired) electrons. The molecule has 1 amide bonds. The lowest BCUT2D eigenvalue weighted by atomic mass is 10.1. The lowest BCUT2D eigenvalue weighted by Crippen LogP contribution is -2.17. The Morgan fingerprint density at radius 1 is 1.09 bits per heavy atom. The number of imidazole rings is 1. The van der Waals surface area contributed by atoms with Gasteiger partial charge in [-0.15, -0.1) is 0 Å². The molecule has 0 aliphatic heterocycles. The van der Waals surface area contributed by atoms with Gasteiger partial charge in [0.15, 0.2) is 5.75 Å². The molecule has 0 fully saturated rings. The first-order valence-corrected chi connectivity index (χ1v) is 6.91. The zero-order chi connectivity index (χ0) is 16.2. The fourth-order valence-electron chi connectivity index (χ4n) is 2.16. The van der Waals surface area contributed by atoms with Gasteiger partial charge in [-0.1, -0.05) is 35.5 Å². The van der Waals surface area contributed by atoms with E-state index < -0.39 is 5.91 Å². The number of aromatic amines is 2. The van der Waals surface area contributed by atoms with E-state index in [1.54, 1.807) is 18.2 Å². The Morgan fingerprint density at radius 3 is 2.57 bits per heavy atom. The van der Waals surface area contributed by atoms with Gasteiger partial charge in [-0.25, -0.2) is 4.79 Å². The molecule has 23 heavy (non-hydrogen) atoms. The molecule has 0 saturated carbocycles. The van der Waals surface area contributed by atoms with Crippen molar-refractivity contribution in [2.75, 3.05) is 0 Å². The number of carbonyl (C=O) groups is 1. The van der Waals surface area contributed by atoms with Crippen molar-refractivity contribution in [3.8, 4) is 5.75 Å². The molecule has 4 N–H and O–H groups in total. The number of hydrogen-bond acceptors (Lipinski definition) is 4. The number of amides is 1. The first-order chi connectivity index (χ1) is 11.1. The first-order valence-electron chi connectivity index (χ1n) is 6.91. The van der Waals surface area contributed by atoms with Crippen molar-refractivity contribution in [3.63, 3.8) is 0 Å². The maximum atomic E-state index is 11.2. The molecular formula is C16H14N4O3.